The van der Waals surface area contributed by atoms with E-state index >= 15 is 0 Å². The molecule has 2 N–H and O–H groups in total. The summed E-state index contributed by atoms with van der Waals surface area (Å²) in [5.74, 6) is -0.858. The number of para-hydroxylation sites is 2. The lowest BCUT2D eigenvalue weighted by atomic mass is 10.1. The Labute approximate surface area is 215 Å². The van der Waals surface area contributed by atoms with Crippen LogP contribution >= 0.6 is 0 Å². The Morgan fingerprint density at radius 2 is 1.00 bits per heavy atom. The van der Waals surface area contributed by atoms with Gasteiger partial charge in [-0.15, -0.1) is 0 Å². The maximum atomic E-state index is 12.9. The Hall–Kier alpha value is -3.76. The average Bonchev–Trinajstić information content (AvgIpc) is 2.94. The second-order valence-corrected chi connectivity index (χ2v) is 8.85. The number of ether oxygens (including phenoxy) is 2. The van der Waals surface area contributed by atoms with Gasteiger partial charge in [-0.25, -0.2) is 0 Å². The Kier molecular flexibility index (Phi) is 9.23. The van der Waals surface area contributed by atoms with Crippen molar-refractivity contribution in [1.82, 2.24) is 9.80 Å². The van der Waals surface area contributed by atoms with Gasteiger partial charge in [0.1, 0.15) is 0 Å². The average molecular weight is 509 g/mol. The molecule has 0 radical (unpaired) electrons. The molecule has 2 saturated heterocycles. The number of amides is 4. The van der Waals surface area contributed by atoms with Crippen molar-refractivity contribution in [1.29, 1.82) is 0 Å². The highest BCUT2D eigenvalue weighted by atomic mass is 16.5. The van der Waals surface area contributed by atoms with E-state index in [2.05, 4.69) is 10.6 Å². The molecule has 0 unspecified atom stereocenters. The summed E-state index contributed by atoms with van der Waals surface area (Å²) in [5, 5.41) is 5.61. The number of hydrogen-bond donors (Lipinski definition) is 2. The van der Waals surface area contributed by atoms with Crippen LogP contribution in [-0.4, -0.2) is 86.0 Å². The van der Waals surface area contributed by atoms with Gasteiger partial charge in [0, 0.05) is 39.0 Å². The first-order valence-corrected chi connectivity index (χ1v) is 12.5. The van der Waals surface area contributed by atoms with Gasteiger partial charge in [0.15, 0.2) is 0 Å². The first-order valence-electron chi connectivity index (χ1n) is 12.5. The smallest absolute Gasteiger partial charge is 0.256 e. The molecular formula is C27H32N4O6. The van der Waals surface area contributed by atoms with Crippen LogP contribution in [0.5, 0.6) is 0 Å². The summed E-state index contributed by atoms with van der Waals surface area (Å²) in [4.78, 5) is 54.3. The zero-order valence-corrected chi connectivity index (χ0v) is 20.7. The number of anilines is 2. The molecule has 10 heteroatoms. The summed E-state index contributed by atoms with van der Waals surface area (Å²) in [6.07, 6.45) is 0.542. The molecule has 2 aromatic carbocycles. The molecule has 2 aliphatic heterocycles. The molecule has 0 aliphatic carbocycles. The van der Waals surface area contributed by atoms with Crippen LogP contribution in [0.15, 0.2) is 48.5 Å². The van der Waals surface area contributed by atoms with Gasteiger partial charge in [-0.3, -0.25) is 19.2 Å². The topological polar surface area (TPSA) is 117 Å². The molecule has 0 spiro atoms. The summed E-state index contributed by atoms with van der Waals surface area (Å²) in [5.41, 5.74) is 1.75. The second kappa shape index (κ2) is 13.0. The molecule has 10 nitrogen and oxygen atoms in total. The summed E-state index contributed by atoms with van der Waals surface area (Å²) < 4.78 is 10.6. The number of rotatable bonds is 8. The fraction of sp³-hybridized carbons (Fsp3) is 0.407. The number of carbonyl (C=O) groups is 4. The fourth-order valence-electron chi connectivity index (χ4n) is 4.27. The molecule has 0 bridgehead atoms. The summed E-state index contributed by atoms with van der Waals surface area (Å²) in [6, 6.07) is 13.8. The van der Waals surface area contributed by atoms with Gasteiger partial charge < -0.3 is 29.9 Å². The van der Waals surface area contributed by atoms with Gasteiger partial charge in [0.05, 0.1) is 48.9 Å². The van der Waals surface area contributed by atoms with Gasteiger partial charge in [0.2, 0.25) is 11.8 Å². The minimum atomic E-state index is -0.280. The number of morpholine rings is 2. The minimum Gasteiger partial charge on any atom is -0.378 e. The maximum Gasteiger partial charge on any atom is 0.256 e. The third-order valence-corrected chi connectivity index (χ3v) is 6.27. The van der Waals surface area contributed by atoms with Gasteiger partial charge in [-0.05, 0) is 30.7 Å². The molecule has 196 valence electrons. The van der Waals surface area contributed by atoms with Crippen LogP contribution in [0.2, 0.25) is 0 Å². The number of hydrogen-bond acceptors (Lipinski definition) is 6. The molecule has 0 saturated carbocycles. The van der Waals surface area contributed by atoms with Crippen molar-refractivity contribution in [3.63, 3.8) is 0 Å². The first kappa shape index (κ1) is 26.3. The lowest BCUT2D eigenvalue weighted by Gasteiger charge is -2.27. The fourth-order valence-corrected chi connectivity index (χ4v) is 4.27. The maximum absolute atomic E-state index is 12.9. The number of nitrogens with zero attached hydrogens (tertiary/aromatic N) is 2. The van der Waals surface area contributed by atoms with Gasteiger partial charge in [-0.1, -0.05) is 24.3 Å². The van der Waals surface area contributed by atoms with Crippen LogP contribution in [0.25, 0.3) is 0 Å². The third kappa shape index (κ3) is 7.14. The van der Waals surface area contributed by atoms with Gasteiger partial charge in [0.25, 0.3) is 11.8 Å². The van der Waals surface area contributed by atoms with Crippen LogP contribution in [0.1, 0.15) is 40.0 Å². The van der Waals surface area contributed by atoms with Crippen molar-refractivity contribution >= 4 is 35.0 Å². The zero-order chi connectivity index (χ0) is 26.0. The van der Waals surface area contributed by atoms with E-state index in [-0.39, 0.29) is 36.5 Å². The molecule has 37 heavy (non-hydrogen) atoms. The van der Waals surface area contributed by atoms with E-state index in [0.29, 0.717) is 81.5 Å². The van der Waals surface area contributed by atoms with Crippen LogP contribution < -0.4 is 10.6 Å². The third-order valence-electron chi connectivity index (χ3n) is 6.27. The van der Waals surface area contributed by atoms with Crippen molar-refractivity contribution in [2.24, 2.45) is 0 Å². The van der Waals surface area contributed by atoms with Crippen molar-refractivity contribution in [2.45, 2.75) is 19.3 Å². The van der Waals surface area contributed by atoms with E-state index in [0.717, 1.165) is 0 Å². The number of nitrogens with one attached hydrogen (secondary N) is 2. The van der Waals surface area contributed by atoms with E-state index in [1.807, 2.05) is 0 Å². The van der Waals surface area contributed by atoms with Crippen molar-refractivity contribution in [3.8, 4) is 0 Å². The van der Waals surface area contributed by atoms with Crippen LogP contribution in [0.4, 0.5) is 11.4 Å². The molecule has 2 heterocycles. The predicted molar refractivity (Wildman–Crippen MR) is 137 cm³/mol. The normalized spacial score (nSPS) is 15.7. The van der Waals surface area contributed by atoms with Crippen LogP contribution in [0.3, 0.4) is 0 Å². The van der Waals surface area contributed by atoms with E-state index in [9.17, 15) is 19.2 Å². The SMILES string of the molecule is O=C(CCCC(=O)Nc1ccccc1C(=O)N1CCOCC1)Nc1ccccc1C(=O)N1CCOCC1. The number of benzene rings is 2. The molecular weight excluding hydrogens is 476 g/mol. The van der Waals surface area contributed by atoms with Gasteiger partial charge in [-0.2, -0.15) is 0 Å². The van der Waals surface area contributed by atoms with Crippen molar-refractivity contribution in [3.05, 3.63) is 59.7 Å². The standard InChI is InChI=1S/C27H32N4O6/c32-24(28-22-8-3-1-6-20(22)26(34)30-12-16-36-17-13-30)10-5-11-25(33)29-23-9-4-2-7-21(23)27(35)31-14-18-37-19-15-31/h1-4,6-9H,5,10-19H2,(H,28,32)(H,29,33). The quantitative estimate of drug-likeness (QED) is 0.566. The Balaban J connectivity index is 1.27. The Morgan fingerprint density at radius 3 is 1.41 bits per heavy atom. The minimum absolute atomic E-state index is 0.113. The summed E-state index contributed by atoms with van der Waals surface area (Å²) in [6.45, 7) is 4.02. The largest absolute Gasteiger partial charge is 0.378 e. The van der Waals surface area contributed by atoms with Crippen LogP contribution in [0, 0.1) is 0 Å². The monoisotopic (exact) mass is 508 g/mol. The second-order valence-electron chi connectivity index (χ2n) is 8.85. The lowest BCUT2D eigenvalue weighted by Crippen LogP contribution is -2.41. The Bertz CT molecular complexity index is 1040. The van der Waals surface area contributed by atoms with E-state index in [4.69, 9.17) is 9.47 Å². The molecule has 0 atom stereocenters. The summed E-state index contributed by atoms with van der Waals surface area (Å²) >= 11 is 0. The van der Waals surface area contributed by atoms with E-state index < -0.39 is 0 Å². The number of carbonyl (C=O) groups excluding carboxylic acids is 4. The molecule has 4 rings (SSSR count). The molecule has 2 fully saturated rings. The summed E-state index contributed by atoms with van der Waals surface area (Å²) in [7, 11) is 0. The highest BCUT2D eigenvalue weighted by molar-refractivity contribution is 6.05. The highest BCUT2D eigenvalue weighted by Gasteiger charge is 2.23. The molecule has 0 aromatic heterocycles. The van der Waals surface area contributed by atoms with Gasteiger partial charge >= 0.3 is 0 Å². The lowest BCUT2D eigenvalue weighted by molar-refractivity contribution is -0.117. The predicted octanol–water partition coefficient (Wildman–Crippen LogP) is 2.38. The zero-order valence-electron chi connectivity index (χ0n) is 20.7. The molecule has 2 aromatic rings. The van der Waals surface area contributed by atoms with Crippen LogP contribution in [-0.2, 0) is 19.1 Å². The first-order chi connectivity index (χ1) is 18.0. The van der Waals surface area contributed by atoms with Crippen molar-refractivity contribution in [2.75, 3.05) is 63.2 Å². The Morgan fingerprint density at radius 1 is 0.622 bits per heavy atom. The van der Waals surface area contributed by atoms with E-state index in [1.165, 1.54) is 0 Å². The highest BCUT2D eigenvalue weighted by Crippen LogP contribution is 2.20. The molecule has 2 aliphatic rings. The van der Waals surface area contributed by atoms with Crippen molar-refractivity contribution < 1.29 is 28.7 Å². The van der Waals surface area contributed by atoms with E-state index in [1.54, 1.807) is 58.3 Å². The molecule has 4 amide bonds.